The van der Waals surface area contributed by atoms with Crippen LogP contribution >= 0.6 is 0 Å². The molecular formula is C18H21FN4O4S. The molecule has 0 amide bonds. The molecule has 150 valence electrons. The van der Waals surface area contributed by atoms with Gasteiger partial charge >= 0.3 is 0 Å². The van der Waals surface area contributed by atoms with E-state index in [9.17, 15) is 12.8 Å². The summed E-state index contributed by atoms with van der Waals surface area (Å²) < 4.78 is 49.1. The molecule has 2 saturated heterocycles. The Morgan fingerprint density at radius 2 is 2.14 bits per heavy atom. The standard InChI is InChI=1S/C18H21FN4O4S/c1-10-17(23-14-4-3-12(6-13(14)19)28(2,24)25)20-9-21-18(10)27-16-5-11-7-26-8-15(16)22-11/h3-4,6,9,11,15-16,22H,5,7-8H2,1-2H3,(H,20,21,23). The van der Waals surface area contributed by atoms with Gasteiger partial charge in [0.2, 0.25) is 5.88 Å². The van der Waals surface area contributed by atoms with E-state index >= 15 is 0 Å². The number of nitrogens with one attached hydrogen (secondary N) is 2. The zero-order valence-corrected chi connectivity index (χ0v) is 16.3. The Kier molecular flexibility index (Phi) is 4.94. The van der Waals surface area contributed by atoms with Crippen molar-refractivity contribution in [3.05, 3.63) is 35.9 Å². The van der Waals surface area contributed by atoms with Gasteiger partial charge in [0.25, 0.3) is 0 Å². The van der Waals surface area contributed by atoms with Crippen LogP contribution in [-0.4, -0.2) is 56.0 Å². The Labute approximate surface area is 162 Å². The molecule has 0 aliphatic carbocycles. The summed E-state index contributed by atoms with van der Waals surface area (Å²) >= 11 is 0. The number of rotatable bonds is 5. The Morgan fingerprint density at radius 3 is 2.86 bits per heavy atom. The van der Waals surface area contributed by atoms with Crippen LogP contribution in [0.25, 0.3) is 0 Å². The fraction of sp³-hybridized carbons (Fsp3) is 0.444. The summed E-state index contributed by atoms with van der Waals surface area (Å²) in [5, 5.41) is 6.34. The van der Waals surface area contributed by atoms with Crippen LogP contribution in [0.1, 0.15) is 12.0 Å². The van der Waals surface area contributed by atoms with Crippen molar-refractivity contribution in [3.63, 3.8) is 0 Å². The lowest BCUT2D eigenvalue weighted by Crippen LogP contribution is -2.45. The summed E-state index contributed by atoms with van der Waals surface area (Å²) in [5.74, 6) is 0.126. The molecule has 8 nitrogen and oxygen atoms in total. The maximum absolute atomic E-state index is 14.3. The first-order valence-corrected chi connectivity index (χ1v) is 10.8. The number of hydrogen-bond donors (Lipinski definition) is 2. The quantitative estimate of drug-likeness (QED) is 0.769. The minimum atomic E-state index is -3.48. The van der Waals surface area contributed by atoms with E-state index in [1.54, 1.807) is 6.92 Å². The summed E-state index contributed by atoms with van der Waals surface area (Å²) in [6.45, 7) is 3.05. The normalized spacial score (nSPS) is 24.2. The van der Waals surface area contributed by atoms with Crippen molar-refractivity contribution >= 4 is 21.3 Å². The van der Waals surface area contributed by atoms with E-state index in [0.29, 0.717) is 30.5 Å². The summed E-state index contributed by atoms with van der Waals surface area (Å²) in [5.41, 5.74) is 0.753. The molecule has 0 saturated carbocycles. The van der Waals surface area contributed by atoms with Crippen molar-refractivity contribution < 1.29 is 22.3 Å². The van der Waals surface area contributed by atoms with Crippen molar-refractivity contribution in [2.45, 2.75) is 36.4 Å². The van der Waals surface area contributed by atoms with Gasteiger partial charge in [-0.25, -0.2) is 22.8 Å². The van der Waals surface area contributed by atoms with Gasteiger partial charge in [-0.1, -0.05) is 0 Å². The number of sulfone groups is 1. The van der Waals surface area contributed by atoms with Crippen LogP contribution in [0.5, 0.6) is 5.88 Å². The SMILES string of the molecule is Cc1c(Nc2ccc(S(C)(=O)=O)cc2F)ncnc1OC1CC2COCC1N2. The average Bonchev–Trinajstić information content (AvgIpc) is 2.91. The van der Waals surface area contributed by atoms with Gasteiger partial charge < -0.3 is 20.1 Å². The maximum atomic E-state index is 14.3. The van der Waals surface area contributed by atoms with E-state index in [2.05, 4.69) is 20.6 Å². The number of ether oxygens (including phenoxy) is 2. The van der Waals surface area contributed by atoms with Crippen molar-refractivity contribution in [2.75, 3.05) is 24.8 Å². The van der Waals surface area contributed by atoms with Crippen LogP contribution in [-0.2, 0) is 14.6 Å². The molecule has 4 rings (SSSR count). The number of halogens is 1. The molecule has 2 aromatic rings. The van der Waals surface area contributed by atoms with E-state index < -0.39 is 15.7 Å². The average molecular weight is 408 g/mol. The van der Waals surface area contributed by atoms with Crippen LogP contribution in [0.15, 0.2) is 29.4 Å². The summed E-state index contributed by atoms with van der Waals surface area (Å²) in [4.78, 5) is 8.29. The van der Waals surface area contributed by atoms with Crippen molar-refractivity contribution in [2.24, 2.45) is 0 Å². The largest absolute Gasteiger partial charge is 0.472 e. The molecule has 3 heterocycles. The number of benzene rings is 1. The molecule has 2 aliphatic rings. The monoisotopic (exact) mass is 408 g/mol. The highest BCUT2D eigenvalue weighted by Crippen LogP contribution is 2.29. The molecule has 2 N–H and O–H groups in total. The van der Waals surface area contributed by atoms with E-state index in [-0.39, 0.29) is 28.8 Å². The minimum Gasteiger partial charge on any atom is -0.472 e. The Hall–Kier alpha value is -2.30. The highest BCUT2D eigenvalue weighted by atomic mass is 32.2. The molecule has 2 fully saturated rings. The molecule has 3 unspecified atom stereocenters. The second kappa shape index (κ2) is 7.26. The maximum Gasteiger partial charge on any atom is 0.221 e. The zero-order chi connectivity index (χ0) is 19.9. The van der Waals surface area contributed by atoms with Gasteiger partial charge in [-0.3, -0.25) is 0 Å². The van der Waals surface area contributed by atoms with Crippen LogP contribution in [0, 0.1) is 12.7 Å². The van der Waals surface area contributed by atoms with Gasteiger partial charge in [0.15, 0.2) is 9.84 Å². The van der Waals surface area contributed by atoms with Gasteiger partial charge in [0.05, 0.1) is 35.4 Å². The van der Waals surface area contributed by atoms with E-state index in [1.165, 1.54) is 18.5 Å². The third kappa shape index (κ3) is 3.80. The van der Waals surface area contributed by atoms with Crippen LogP contribution in [0.3, 0.4) is 0 Å². The first-order chi connectivity index (χ1) is 13.3. The Bertz CT molecular complexity index is 1000. The Morgan fingerprint density at radius 1 is 1.32 bits per heavy atom. The molecule has 28 heavy (non-hydrogen) atoms. The fourth-order valence-electron chi connectivity index (χ4n) is 3.44. The topological polar surface area (TPSA) is 102 Å². The van der Waals surface area contributed by atoms with Crippen LogP contribution < -0.4 is 15.4 Å². The van der Waals surface area contributed by atoms with E-state index in [4.69, 9.17) is 9.47 Å². The molecular weight excluding hydrogens is 387 g/mol. The van der Waals surface area contributed by atoms with Crippen molar-refractivity contribution in [1.29, 1.82) is 0 Å². The molecule has 1 aromatic carbocycles. The van der Waals surface area contributed by atoms with Gasteiger partial charge in [0, 0.05) is 18.7 Å². The molecule has 2 aliphatic heterocycles. The second-order valence-corrected chi connectivity index (χ2v) is 9.11. The lowest BCUT2D eigenvalue weighted by Gasteiger charge is -2.23. The smallest absolute Gasteiger partial charge is 0.221 e. The second-order valence-electron chi connectivity index (χ2n) is 7.09. The van der Waals surface area contributed by atoms with Gasteiger partial charge in [0.1, 0.15) is 24.1 Å². The van der Waals surface area contributed by atoms with E-state index in [0.717, 1.165) is 18.7 Å². The fourth-order valence-corrected chi connectivity index (χ4v) is 4.07. The highest BCUT2D eigenvalue weighted by molar-refractivity contribution is 7.90. The number of nitrogens with zero attached hydrogens (tertiary/aromatic N) is 2. The zero-order valence-electron chi connectivity index (χ0n) is 15.5. The van der Waals surface area contributed by atoms with E-state index in [1.807, 2.05) is 0 Å². The lowest BCUT2D eigenvalue weighted by atomic mass is 10.1. The van der Waals surface area contributed by atoms with Gasteiger partial charge in [-0.15, -0.1) is 0 Å². The molecule has 2 bridgehead atoms. The van der Waals surface area contributed by atoms with Gasteiger partial charge in [-0.05, 0) is 25.1 Å². The minimum absolute atomic E-state index is 0.0558. The number of anilines is 2. The Balaban J connectivity index is 1.54. The number of morpholine rings is 1. The lowest BCUT2D eigenvalue weighted by molar-refractivity contribution is 0.0564. The highest BCUT2D eigenvalue weighted by Gasteiger charge is 2.39. The number of aromatic nitrogens is 2. The summed E-state index contributed by atoms with van der Waals surface area (Å²) in [6.07, 6.45) is 3.15. The summed E-state index contributed by atoms with van der Waals surface area (Å²) in [6, 6.07) is 4.10. The van der Waals surface area contributed by atoms with Crippen molar-refractivity contribution in [3.8, 4) is 5.88 Å². The first kappa shape index (κ1) is 19.0. The summed E-state index contributed by atoms with van der Waals surface area (Å²) in [7, 11) is -3.48. The third-order valence-electron chi connectivity index (χ3n) is 4.95. The van der Waals surface area contributed by atoms with Gasteiger partial charge in [-0.2, -0.15) is 0 Å². The number of fused-ring (bicyclic) bond motifs is 2. The van der Waals surface area contributed by atoms with Crippen LogP contribution in [0.4, 0.5) is 15.9 Å². The molecule has 10 heteroatoms. The molecule has 1 aromatic heterocycles. The third-order valence-corrected chi connectivity index (χ3v) is 6.06. The van der Waals surface area contributed by atoms with Crippen LogP contribution in [0.2, 0.25) is 0 Å². The number of hydrogen-bond acceptors (Lipinski definition) is 8. The molecule has 0 radical (unpaired) electrons. The molecule has 3 atom stereocenters. The van der Waals surface area contributed by atoms with Crippen molar-refractivity contribution in [1.82, 2.24) is 15.3 Å². The first-order valence-electron chi connectivity index (χ1n) is 8.90. The molecule has 0 spiro atoms. The predicted molar refractivity (Wildman–Crippen MR) is 100 cm³/mol. The predicted octanol–water partition coefficient (Wildman–Crippen LogP) is 1.58.